The number of aromatic nitrogens is 1. The van der Waals surface area contributed by atoms with E-state index in [0.29, 0.717) is 35.8 Å². The summed E-state index contributed by atoms with van der Waals surface area (Å²) in [6.07, 6.45) is 3.28. The molecule has 0 unspecified atom stereocenters. The summed E-state index contributed by atoms with van der Waals surface area (Å²) in [6, 6.07) is 25.0. The molecule has 0 aliphatic carbocycles. The summed E-state index contributed by atoms with van der Waals surface area (Å²) >= 11 is 0. The quantitative estimate of drug-likeness (QED) is 0.161. The second kappa shape index (κ2) is 11.9. The van der Waals surface area contributed by atoms with Crippen LogP contribution in [0.5, 0.6) is 11.5 Å². The van der Waals surface area contributed by atoms with Crippen molar-refractivity contribution < 1.29 is 24.2 Å². The van der Waals surface area contributed by atoms with Gasteiger partial charge in [0, 0.05) is 24.5 Å². The minimum absolute atomic E-state index is 0.0386. The molecule has 1 saturated heterocycles. The molecular formula is C33H30N2O5. The van der Waals surface area contributed by atoms with Gasteiger partial charge in [0.1, 0.15) is 23.9 Å². The predicted octanol–water partition coefficient (Wildman–Crippen LogP) is 5.99. The highest BCUT2D eigenvalue weighted by atomic mass is 16.5. The third kappa shape index (κ3) is 5.73. The average Bonchev–Trinajstić information content (AvgIpc) is 3.22. The van der Waals surface area contributed by atoms with E-state index < -0.39 is 17.7 Å². The predicted molar refractivity (Wildman–Crippen MR) is 152 cm³/mol. The van der Waals surface area contributed by atoms with Crippen LogP contribution in [0.1, 0.15) is 40.8 Å². The standard InChI is InChI=1S/C33H30N2O5/c1-3-39-27-11-7-25(8-12-27)30-29(32(37)33(38)35(30)20-23-15-17-34-18-16-23)31(36)26-9-13-28(14-10-26)40-21-24-6-4-5-22(2)19-24/h4-19,30,36H,3,20-21H2,1-2H3/b31-29+/t30-/m0/s1. The van der Waals surface area contributed by atoms with Crippen LogP contribution in [0.4, 0.5) is 0 Å². The number of benzene rings is 3. The van der Waals surface area contributed by atoms with Gasteiger partial charge in [-0.2, -0.15) is 0 Å². The first-order valence-corrected chi connectivity index (χ1v) is 13.1. The fourth-order valence-electron chi connectivity index (χ4n) is 4.82. The van der Waals surface area contributed by atoms with Crippen molar-refractivity contribution in [3.05, 3.63) is 131 Å². The molecule has 1 aliphatic rings. The Morgan fingerprint density at radius 3 is 2.23 bits per heavy atom. The van der Waals surface area contributed by atoms with Crippen LogP contribution in [0.25, 0.3) is 5.76 Å². The van der Waals surface area contributed by atoms with Gasteiger partial charge in [0.05, 0.1) is 18.2 Å². The number of carbonyl (C=O) groups excluding carboxylic acids is 2. The average molecular weight is 535 g/mol. The highest BCUT2D eigenvalue weighted by Crippen LogP contribution is 2.40. The van der Waals surface area contributed by atoms with Crippen LogP contribution in [-0.4, -0.2) is 33.3 Å². The zero-order chi connectivity index (χ0) is 28.1. The lowest BCUT2D eigenvalue weighted by Crippen LogP contribution is -2.29. The molecule has 4 aromatic rings. The van der Waals surface area contributed by atoms with Crippen molar-refractivity contribution in [2.24, 2.45) is 0 Å². The van der Waals surface area contributed by atoms with Crippen molar-refractivity contribution >= 4 is 17.4 Å². The van der Waals surface area contributed by atoms with Gasteiger partial charge in [-0.05, 0) is 79.1 Å². The smallest absolute Gasteiger partial charge is 0.295 e. The molecule has 202 valence electrons. The number of nitrogens with zero attached hydrogens (tertiary/aromatic N) is 2. The molecule has 5 rings (SSSR count). The van der Waals surface area contributed by atoms with E-state index in [2.05, 4.69) is 11.1 Å². The normalized spacial score (nSPS) is 16.2. The number of amides is 1. The molecule has 7 heteroatoms. The molecule has 7 nitrogen and oxygen atoms in total. The molecule has 1 atom stereocenters. The lowest BCUT2D eigenvalue weighted by molar-refractivity contribution is -0.140. The van der Waals surface area contributed by atoms with E-state index in [1.54, 1.807) is 60.9 Å². The molecule has 0 spiro atoms. The van der Waals surface area contributed by atoms with E-state index >= 15 is 0 Å². The number of Topliss-reactive ketones (excluding diaryl/α,β-unsaturated/α-hetero) is 1. The van der Waals surface area contributed by atoms with Gasteiger partial charge in [0.15, 0.2) is 0 Å². The van der Waals surface area contributed by atoms with Gasteiger partial charge in [-0.25, -0.2) is 0 Å². The number of ether oxygens (including phenoxy) is 2. The summed E-state index contributed by atoms with van der Waals surface area (Å²) in [6.45, 7) is 5.04. The molecule has 1 amide bonds. The molecule has 3 aromatic carbocycles. The topological polar surface area (TPSA) is 89.0 Å². The first kappa shape index (κ1) is 26.7. The summed E-state index contributed by atoms with van der Waals surface area (Å²) < 4.78 is 11.5. The highest BCUT2D eigenvalue weighted by molar-refractivity contribution is 6.46. The molecule has 1 N–H and O–H groups in total. The number of pyridine rings is 1. The first-order valence-electron chi connectivity index (χ1n) is 13.1. The number of hydrogen-bond acceptors (Lipinski definition) is 6. The van der Waals surface area contributed by atoms with Crippen molar-refractivity contribution in [3.63, 3.8) is 0 Å². The van der Waals surface area contributed by atoms with E-state index in [1.807, 2.05) is 44.2 Å². The lowest BCUT2D eigenvalue weighted by atomic mass is 9.95. The van der Waals surface area contributed by atoms with Crippen LogP contribution in [0.2, 0.25) is 0 Å². The summed E-state index contributed by atoms with van der Waals surface area (Å²) in [5, 5.41) is 11.4. The third-order valence-electron chi connectivity index (χ3n) is 6.76. The maximum absolute atomic E-state index is 13.4. The van der Waals surface area contributed by atoms with Crippen LogP contribution in [-0.2, 0) is 22.7 Å². The summed E-state index contributed by atoms with van der Waals surface area (Å²) in [5.41, 5.74) is 4.18. The number of aliphatic hydroxyl groups excluding tert-OH is 1. The Kier molecular flexibility index (Phi) is 7.92. The fourth-order valence-corrected chi connectivity index (χ4v) is 4.82. The van der Waals surface area contributed by atoms with Gasteiger partial charge in [0.25, 0.3) is 11.7 Å². The van der Waals surface area contributed by atoms with Gasteiger partial charge in [-0.1, -0.05) is 42.0 Å². The zero-order valence-corrected chi connectivity index (χ0v) is 22.4. The first-order chi connectivity index (χ1) is 19.4. The Morgan fingerprint density at radius 1 is 0.875 bits per heavy atom. The van der Waals surface area contributed by atoms with E-state index in [-0.39, 0.29) is 17.9 Å². The van der Waals surface area contributed by atoms with Crippen molar-refractivity contribution in [2.75, 3.05) is 6.61 Å². The molecule has 1 aromatic heterocycles. The largest absolute Gasteiger partial charge is 0.507 e. The number of rotatable bonds is 9. The maximum atomic E-state index is 13.4. The molecule has 0 bridgehead atoms. The van der Waals surface area contributed by atoms with Gasteiger partial charge < -0.3 is 19.5 Å². The minimum atomic E-state index is -0.777. The summed E-state index contributed by atoms with van der Waals surface area (Å²) in [4.78, 5) is 32.2. The second-order valence-electron chi connectivity index (χ2n) is 9.59. The SMILES string of the molecule is CCOc1ccc([C@H]2/C(=C(\O)c3ccc(OCc4cccc(C)c4)cc3)C(=O)C(=O)N2Cc2ccncc2)cc1. The van der Waals surface area contributed by atoms with E-state index in [0.717, 1.165) is 16.7 Å². The Bertz CT molecular complexity index is 1530. The van der Waals surface area contributed by atoms with Crippen LogP contribution in [0.15, 0.2) is 103 Å². The molecule has 0 saturated carbocycles. The monoisotopic (exact) mass is 534 g/mol. The van der Waals surface area contributed by atoms with Gasteiger partial charge in [-0.3, -0.25) is 14.6 Å². The van der Waals surface area contributed by atoms with Crippen molar-refractivity contribution in [1.82, 2.24) is 9.88 Å². The number of carbonyl (C=O) groups is 2. The van der Waals surface area contributed by atoms with Crippen molar-refractivity contribution in [1.29, 1.82) is 0 Å². The Balaban J connectivity index is 1.47. The minimum Gasteiger partial charge on any atom is -0.507 e. The Morgan fingerprint density at radius 2 is 1.55 bits per heavy atom. The number of aryl methyl sites for hydroxylation is 1. The van der Waals surface area contributed by atoms with Crippen molar-refractivity contribution in [3.8, 4) is 11.5 Å². The molecule has 1 fully saturated rings. The number of hydrogen-bond donors (Lipinski definition) is 1. The van der Waals surface area contributed by atoms with E-state index in [4.69, 9.17) is 9.47 Å². The Labute approximate surface area is 233 Å². The molecular weight excluding hydrogens is 504 g/mol. The van der Waals surface area contributed by atoms with Crippen LogP contribution >= 0.6 is 0 Å². The van der Waals surface area contributed by atoms with Gasteiger partial charge >= 0.3 is 0 Å². The van der Waals surface area contributed by atoms with Crippen LogP contribution < -0.4 is 9.47 Å². The third-order valence-corrected chi connectivity index (χ3v) is 6.76. The number of ketones is 1. The number of aliphatic hydroxyl groups is 1. The summed E-state index contributed by atoms with van der Waals surface area (Å²) in [5.74, 6) is -0.335. The molecule has 2 heterocycles. The highest BCUT2D eigenvalue weighted by Gasteiger charge is 2.46. The van der Waals surface area contributed by atoms with E-state index in [9.17, 15) is 14.7 Å². The van der Waals surface area contributed by atoms with Gasteiger partial charge in [-0.15, -0.1) is 0 Å². The molecule has 0 radical (unpaired) electrons. The lowest BCUT2D eigenvalue weighted by Gasteiger charge is -2.25. The van der Waals surface area contributed by atoms with E-state index in [1.165, 1.54) is 4.90 Å². The molecule has 40 heavy (non-hydrogen) atoms. The number of likely N-dealkylation sites (tertiary alicyclic amines) is 1. The van der Waals surface area contributed by atoms with Crippen LogP contribution in [0.3, 0.4) is 0 Å². The van der Waals surface area contributed by atoms with Crippen molar-refractivity contribution in [2.45, 2.75) is 33.0 Å². The Hall–Kier alpha value is -4.91. The summed E-state index contributed by atoms with van der Waals surface area (Å²) in [7, 11) is 0. The van der Waals surface area contributed by atoms with Crippen LogP contribution in [0, 0.1) is 6.92 Å². The maximum Gasteiger partial charge on any atom is 0.295 e. The second-order valence-corrected chi connectivity index (χ2v) is 9.59. The van der Waals surface area contributed by atoms with Gasteiger partial charge in [0.2, 0.25) is 0 Å². The zero-order valence-electron chi connectivity index (χ0n) is 22.4. The molecule has 1 aliphatic heterocycles. The fraction of sp³-hybridized carbons (Fsp3) is 0.182.